The van der Waals surface area contributed by atoms with Crippen molar-refractivity contribution in [2.75, 3.05) is 23.7 Å². The van der Waals surface area contributed by atoms with Crippen LogP contribution in [0.2, 0.25) is 0 Å². The van der Waals surface area contributed by atoms with E-state index in [2.05, 4.69) is 20.8 Å². The maximum Gasteiger partial charge on any atom is 0.247 e. The van der Waals surface area contributed by atoms with Gasteiger partial charge in [0.25, 0.3) is 0 Å². The first-order valence-corrected chi connectivity index (χ1v) is 14.3. The second kappa shape index (κ2) is 12.4. The number of hydrogen-bond acceptors (Lipinski definition) is 5. The summed E-state index contributed by atoms with van der Waals surface area (Å²) >= 11 is 0. The first-order valence-electron chi connectivity index (χ1n) is 14.3. The van der Waals surface area contributed by atoms with Crippen molar-refractivity contribution in [3.63, 3.8) is 0 Å². The van der Waals surface area contributed by atoms with Gasteiger partial charge < -0.3 is 20.4 Å². The summed E-state index contributed by atoms with van der Waals surface area (Å²) in [6.07, 6.45) is 3.82. The molecule has 4 amide bonds. The van der Waals surface area contributed by atoms with Gasteiger partial charge in [-0.15, -0.1) is 0 Å². The minimum atomic E-state index is -0.418. The smallest absolute Gasteiger partial charge is 0.247 e. The van der Waals surface area contributed by atoms with Crippen LogP contribution in [0.3, 0.4) is 0 Å². The standard InChI is InChI=1S/C31H36N6O4/c1-3-28(38)36-17-5-7-26(36)30(40)32-22-13-9-20(10-14-22)24-19-25(35-34-24)21-11-15-23(16-12-21)33-31(41)27-8-6-18-37(27)29(39)4-2/h9-16,19,26-27H,3-8,17-18H2,1-2H3,(H,32,40)(H,33,41)(H,34,35)/t26-,27-/m0/s1. The van der Waals surface area contributed by atoms with Crippen LogP contribution in [0.5, 0.6) is 0 Å². The zero-order chi connectivity index (χ0) is 28.9. The predicted octanol–water partition coefficient (Wildman–Crippen LogP) is 4.42. The molecule has 0 bridgehead atoms. The van der Waals surface area contributed by atoms with Gasteiger partial charge in [-0.2, -0.15) is 5.10 Å². The van der Waals surface area contributed by atoms with E-state index in [1.807, 2.05) is 68.4 Å². The van der Waals surface area contributed by atoms with Gasteiger partial charge in [-0.3, -0.25) is 24.3 Å². The summed E-state index contributed by atoms with van der Waals surface area (Å²) in [5.74, 6) is -0.301. The largest absolute Gasteiger partial charge is 0.331 e. The van der Waals surface area contributed by atoms with Gasteiger partial charge in [-0.25, -0.2) is 0 Å². The molecule has 10 nitrogen and oxygen atoms in total. The van der Waals surface area contributed by atoms with Gasteiger partial charge in [0.1, 0.15) is 12.1 Å². The molecule has 1 aromatic heterocycles. The quantitative estimate of drug-likeness (QED) is 0.378. The number of hydrogen-bond donors (Lipinski definition) is 3. The molecule has 2 atom stereocenters. The van der Waals surface area contributed by atoms with E-state index in [4.69, 9.17) is 0 Å². The zero-order valence-electron chi connectivity index (χ0n) is 23.5. The van der Waals surface area contributed by atoms with E-state index in [9.17, 15) is 19.2 Å². The summed E-state index contributed by atoms with van der Waals surface area (Å²) in [7, 11) is 0. The monoisotopic (exact) mass is 556 g/mol. The van der Waals surface area contributed by atoms with Crippen molar-refractivity contribution in [2.24, 2.45) is 0 Å². The topological polar surface area (TPSA) is 127 Å². The van der Waals surface area contributed by atoms with E-state index in [0.717, 1.165) is 35.4 Å². The molecule has 3 aromatic rings. The number of anilines is 2. The first-order chi connectivity index (χ1) is 19.9. The number of rotatable bonds is 8. The Morgan fingerprint density at radius 1 is 0.756 bits per heavy atom. The Labute approximate surface area is 239 Å². The maximum atomic E-state index is 12.8. The van der Waals surface area contributed by atoms with E-state index in [1.54, 1.807) is 9.80 Å². The Bertz CT molecular complexity index is 1310. The molecule has 2 fully saturated rings. The van der Waals surface area contributed by atoms with E-state index in [-0.39, 0.29) is 23.6 Å². The van der Waals surface area contributed by atoms with Crippen LogP contribution in [-0.4, -0.2) is 68.8 Å². The Hall–Kier alpha value is -4.47. The van der Waals surface area contributed by atoms with Gasteiger partial charge in [-0.1, -0.05) is 38.1 Å². The van der Waals surface area contributed by atoms with E-state index < -0.39 is 12.1 Å². The third-order valence-corrected chi connectivity index (χ3v) is 7.85. The fraction of sp³-hybridized carbons (Fsp3) is 0.387. The van der Waals surface area contributed by atoms with Crippen LogP contribution >= 0.6 is 0 Å². The number of carbonyl (C=O) groups is 4. The van der Waals surface area contributed by atoms with Crippen molar-refractivity contribution in [1.82, 2.24) is 20.0 Å². The highest BCUT2D eigenvalue weighted by molar-refractivity contribution is 5.98. The number of H-pyrrole nitrogens is 1. The minimum absolute atomic E-state index is 0.00670. The lowest BCUT2D eigenvalue weighted by Crippen LogP contribution is -2.42. The average Bonchev–Trinajstić information content (AvgIpc) is 3.78. The van der Waals surface area contributed by atoms with Crippen molar-refractivity contribution in [3.8, 4) is 22.5 Å². The Balaban J connectivity index is 1.19. The molecule has 0 aliphatic carbocycles. The zero-order valence-corrected chi connectivity index (χ0v) is 23.5. The van der Waals surface area contributed by atoms with E-state index in [1.165, 1.54) is 0 Å². The number of nitrogens with one attached hydrogen (secondary N) is 3. The highest BCUT2D eigenvalue weighted by Gasteiger charge is 2.34. The van der Waals surface area contributed by atoms with Crippen LogP contribution < -0.4 is 10.6 Å². The summed E-state index contributed by atoms with van der Waals surface area (Å²) in [5.41, 5.74) is 4.73. The average molecular weight is 557 g/mol. The molecule has 214 valence electrons. The summed E-state index contributed by atoms with van der Waals surface area (Å²) in [6.45, 7) is 4.88. The summed E-state index contributed by atoms with van der Waals surface area (Å²) in [4.78, 5) is 53.2. The van der Waals surface area contributed by atoms with Crippen LogP contribution in [0.4, 0.5) is 11.4 Å². The molecule has 2 aliphatic heterocycles. The number of aromatic nitrogens is 2. The molecular formula is C31H36N6O4. The van der Waals surface area contributed by atoms with Crippen LogP contribution in [0, 0.1) is 0 Å². The normalized spacial score (nSPS) is 18.4. The highest BCUT2D eigenvalue weighted by Crippen LogP contribution is 2.27. The molecule has 3 N–H and O–H groups in total. The van der Waals surface area contributed by atoms with Gasteiger partial charge >= 0.3 is 0 Å². The highest BCUT2D eigenvalue weighted by atomic mass is 16.2. The minimum Gasteiger partial charge on any atom is -0.331 e. The lowest BCUT2D eigenvalue weighted by atomic mass is 10.1. The Kier molecular flexibility index (Phi) is 8.47. The summed E-state index contributed by atoms with van der Waals surface area (Å²) < 4.78 is 0. The predicted molar refractivity (Wildman–Crippen MR) is 157 cm³/mol. The van der Waals surface area contributed by atoms with Crippen molar-refractivity contribution in [2.45, 2.75) is 64.5 Å². The number of carbonyl (C=O) groups excluding carboxylic acids is 4. The molecule has 10 heteroatoms. The summed E-state index contributed by atoms with van der Waals surface area (Å²) in [6, 6.07) is 16.1. The number of amides is 4. The number of aromatic amines is 1. The maximum absolute atomic E-state index is 12.8. The van der Waals surface area contributed by atoms with E-state index in [0.29, 0.717) is 50.1 Å². The molecule has 3 heterocycles. The van der Waals surface area contributed by atoms with Crippen LogP contribution in [-0.2, 0) is 19.2 Å². The molecule has 0 saturated carbocycles. The molecular weight excluding hydrogens is 520 g/mol. The van der Waals surface area contributed by atoms with Crippen LogP contribution in [0.1, 0.15) is 52.4 Å². The third kappa shape index (κ3) is 6.16. The molecule has 0 spiro atoms. The molecule has 2 aliphatic rings. The van der Waals surface area contributed by atoms with Crippen molar-refractivity contribution >= 4 is 35.0 Å². The van der Waals surface area contributed by atoms with Gasteiger partial charge in [0.15, 0.2) is 0 Å². The van der Waals surface area contributed by atoms with Crippen LogP contribution in [0.15, 0.2) is 54.6 Å². The van der Waals surface area contributed by atoms with Gasteiger partial charge in [-0.05, 0) is 61.6 Å². The summed E-state index contributed by atoms with van der Waals surface area (Å²) in [5, 5.41) is 13.4. The lowest BCUT2D eigenvalue weighted by molar-refractivity contribution is -0.136. The Morgan fingerprint density at radius 2 is 1.22 bits per heavy atom. The molecule has 0 unspecified atom stereocenters. The first kappa shape index (κ1) is 28.1. The van der Waals surface area contributed by atoms with E-state index >= 15 is 0 Å². The second-order valence-electron chi connectivity index (χ2n) is 10.5. The lowest BCUT2D eigenvalue weighted by Gasteiger charge is -2.23. The van der Waals surface area contributed by atoms with Gasteiger partial charge in [0, 0.05) is 42.9 Å². The van der Waals surface area contributed by atoms with Gasteiger partial charge in [0.05, 0.1) is 11.4 Å². The molecule has 0 radical (unpaired) electrons. The molecule has 41 heavy (non-hydrogen) atoms. The fourth-order valence-corrected chi connectivity index (χ4v) is 5.61. The molecule has 2 aromatic carbocycles. The van der Waals surface area contributed by atoms with Crippen molar-refractivity contribution in [1.29, 1.82) is 0 Å². The van der Waals surface area contributed by atoms with Gasteiger partial charge in [0.2, 0.25) is 23.6 Å². The third-order valence-electron chi connectivity index (χ3n) is 7.85. The number of benzene rings is 2. The molecule has 2 saturated heterocycles. The number of likely N-dealkylation sites (tertiary alicyclic amines) is 2. The number of nitrogens with zero attached hydrogens (tertiary/aromatic N) is 3. The van der Waals surface area contributed by atoms with Crippen molar-refractivity contribution < 1.29 is 19.2 Å². The van der Waals surface area contributed by atoms with Crippen molar-refractivity contribution in [3.05, 3.63) is 54.6 Å². The fourth-order valence-electron chi connectivity index (χ4n) is 5.61. The Morgan fingerprint density at radius 3 is 1.68 bits per heavy atom. The second-order valence-corrected chi connectivity index (χ2v) is 10.5. The molecule has 5 rings (SSSR count). The SMILES string of the molecule is CCC(=O)N1CCC[C@H]1C(=O)Nc1ccc(-c2cc(-c3ccc(NC(=O)[C@@H]4CCCN4C(=O)CC)cc3)[nH]n2)cc1. The van der Waals surface area contributed by atoms with Crippen LogP contribution in [0.25, 0.3) is 22.5 Å².